The third-order valence-electron chi connectivity index (χ3n) is 10.9. The van der Waals surface area contributed by atoms with Crippen molar-refractivity contribution >= 4 is 46.7 Å². The molecule has 1 unspecified atom stereocenters. The van der Waals surface area contributed by atoms with Gasteiger partial charge in [-0.15, -0.1) is 0 Å². The Morgan fingerprint density at radius 1 is 0.870 bits per heavy atom. The molecule has 1 atom stereocenters. The van der Waals surface area contributed by atoms with Gasteiger partial charge in [-0.25, -0.2) is 4.39 Å². The smallest absolute Gasteiger partial charge is 0.399 e. The minimum atomic E-state index is -0.518. The summed E-state index contributed by atoms with van der Waals surface area (Å²) in [7, 11) is 1.45. The number of nitrogens with one attached hydrogen (secondary N) is 1. The number of piperazine rings is 1. The van der Waals surface area contributed by atoms with E-state index in [1.54, 1.807) is 17.8 Å². The van der Waals surface area contributed by atoms with Crippen molar-refractivity contribution in [3.05, 3.63) is 47.9 Å². The Hall–Kier alpha value is -3.48. The molecular weight excluding hydrogens is 586 g/mol. The van der Waals surface area contributed by atoms with E-state index < -0.39 is 5.92 Å². The van der Waals surface area contributed by atoms with Crippen LogP contribution in [0.3, 0.4) is 0 Å². The number of piperidine rings is 2. The number of nitrogens with zero attached hydrogens (tertiary/aromatic N) is 5. The summed E-state index contributed by atoms with van der Waals surface area (Å²) in [5.41, 5.74) is 3.41. The number of hydrogen-bond acceptors (Lipinski definition) is 8. The van der Waals surface area contributed by atoms with Gasteiger partial charge in [-0.2, -0.15) is 5.10 Å². The maximum Gasteiger partial charge on any atom is 0.494 e. The lowest BCUT2D eigenvalue weighted by Crippen LogP contribution is -2.53. The third-order valence-corrected chi connectivity index (χ3v) is 10.9. The van der Waals surface area contributed by atoms with Gasteiger partial charge in [0.25, 0.3) is 0 Å². The minimum absolute atomic E-state index is 0.260. The number of amides is 2. The maximum absolute atomic E-state index is 15.5. The molecule has 46 heavy (non-hydrogen) atoms. The van der Waals surface area contributed by atoms with Crippen LogP contribution >= 0.6 is 0 Å². The highest BCUT2D eigenvalue weighted by atomic mass is 19.1. The SMILES string of the molecule is Cn1nc(C2CCC(=O)NC2=O)c2ccc(F)c(N3CCN(C4CCN(c5ccc(B6OC(C)(C)C(C)(C)O6)cc5)CC4)CC3)c21. The lowest BCUT2D eigenvalue weighted by molar-refractivity contribution is -0.134. The molecule has 10 nitrogen and oxygen atoms in total. The van der Waals surface area contributed by atoms with Gasteiger partial charge in [-0.1, -0.05) is 12.1 Å². The first-order valence-corrected chi connectivity index (χ1v) is 16.6. The van der Waals surface area contributed by atoms with Crippen molar-refractivity contribution in [2.45, 2.75) is 76.5 Å². The molecule has 3 aromatic rings. The molecule has 0 radical (unpaired) electrons. The van der Waals surface area contributed by atoms with E-state index in [1.165, 1.54) is 11.8 Å². The van der Waals surface area contributed by atoms with Gasteiger partial charge in [0, 0.05) is 69.9 Å². The molecule has 4 saturated heterocycles. The van der Waals surface area contributed by atoms with Crippen LogP contribution in [0, 0.1) is 5.82 Å². The number of benzene rings is 2. The van der Waals surface area contributed by atoms with Crippen molar-refractivity contribution in [3.63, 3.8) is 0 Å². The molecule has 0 aliphatic carbocycles. The fraction of sp³-hybridized carbons (Fsp3) is 0.559. The average molecular weight is 631 g/mol. The molecule has 2 amide bonds. The van der Waals surface area contributed by atoms with E-state index in [0.717, 1.165) is 63.0 Å². The Kier molecular flexibility index (Phi) is 7.88. The van der Waals surface area contributed by atoms with Crippen molar-refractivity contribution < 1.29 is 23.3 Å². The highest BCUT2D eigenvalue weighted by Gasteiger charge is 2.51. The molecule has 4 aliphatic heterocycles. The summed E-state index contributed by atoms with van der Waals surface area (Å²) >= 11 is 0. The summed E-state index contributed by atoms with van der Waals surface area (Å²) < 4.78 is 29.6. The molecule has 0 spiro atoms. The number of carbonyl (C=O) groups is 2. The van der Waals surface area contributed by atoms with E-state index in [-0.39, 0.29) is 42.4 Å². The summed E-state index contributed by atoms with van der Waals surface area (Å²) in [6.45, 7) is 13.4. The summed E-state index contributed by atoms with van der Waals surface area (Å²) in [6, 6.07) is 12.3. The number of carbonyl (C=O) groups excluding carboxylic acids is 2. The molecule has 1 aromatic heterocycles. The van der Waals surface area contributed by atoms with Crippen molar-refractivity contribution in [2.24, 2.45) is 7.05 Å². The number of rotatable bonds is 5. The summed E-state index contributed by atoms with van der Waals surface area (Å²) in [6.07, 6.45) is 2.85. The van der Waals surface area contributed by atoms with E-state index in [2.05, 4.69) is 77.1 Å². The van der Waals surface area contributed by atoms with Crippen LogP contribution in [-0.2, 0) is 25.9 Å². The number of imide groups is 1. The van der Waals surface area contributed by atoms with Gasteiger partial charge >= 0.3 is 7.12 Å². The van der Waals surface area contributed by atoms with Gasteiger partial charge < -0.3 is 19.1 Å². The summed E-state index contributed by atoms with van der Waals surface area (Å²) in [5.74, 6) is -1.39. The van der Waals surface area contributed by atoms with Crippen LogP contribution in [-0.4, -0.2) is 90.1 Å². The van der Waals surface area contributed by atoms with Crippen LogP contribution in [0.25, 0.3) is 10.9 Å². The molecule has 4 fully saturated rings. The van der Waals surface area contributed by atoms with Gasteiger partial charge in [-0.05, 0) is 76.7 Å². The predicted octanol–water partition coefficient (Wildman–Crippen LogP) is 3.32. The first-order chi connectivity index (χ1) is 21.9. The molecule has 244 valence electrons. The molecule has 5 heterocycles. The second-order valence-electron chi connectivity index (χ2n) is 14.2. The Morgan fingerprint density at radius 3 is 2.15 bits per heavy atom. The first-order valence-electron chi connectivity index (χ1n) is 16.6. The Balaban J connectivity index is 0.971. The highest BCUT2D eigenvalue weighted by molar-refractivity contribution is 6.62. The predicted molar refractivity (Wildman–Crippen MR) is 177 cm³/mol. The Bertz CT molecular complexity index is 1630. The summed E-state index contributed by atoms with van der Waals surface area (Å²) in [4.78, 5) is 31.5. The molecule has 2 aromatic carbocycles. The largest absolute Gasteiger partial charge is 0.494 e. The molecule has 12 heteroatoms. The zero-order valence-corrected chi connectivity index (χ0v) is 27.5. The van der Waals surface area contributed by atoms with Gasteiger partial charge in [0.05, 0.1) is 34.0 Å². The van der Waals surface area contributed by atoms with Crippen LogP contribution in [0.2, 0.25) is 0 Å². The number of aryl methyl sites for hydroxylation is 1. The van der Waals surface area contributed by atoms with Gasteiger partial charge in [-0.3, -0.25) is 24.5 Å². The number of halogens is 1. The van der Waals surface area contributed by atoms with Crippen molar-refractivity contribution in [1.82, 2.24) is 20.0 Å². The zero-order chi connectivity index (χ0) is 32.4. The fourth-order valence-electron chi connectivity index (χ4n) is 7.49. The summed E-state index contributed by atoms with van der Waals surface area (Å²) in [5, 5.41) is 7.86. The van der Waals surface area contributed by atoms with Crippen LogP contribution in [0.4, 0.5) is 15.8 Å². The van der Waals surface area contributed by atoms with E-state index in [0.29, 0.717) is 29.4 Å². The van der Waals surface area contributed by atoms with Crippen LogP contribution in [0.15, 0.2) is 36.4 Å². The second kappa shape index (κ2) is 11.6. The third kappa shape index (κ3) is 5.48. The second-order valence-corrected chi connectivity index (χ2v) is 14.2. The fourth-order valence-corrected chi connectivity index (χ4v) is 7.49. The van der Waals surface area contributed by atoms with Crippen molar-refractivity contribution in [2.75, 3.05) is 49.1 Å². The molecular formula is C34H44BFN6O4. The van der Waals surface area contributed by atoms with Crippen LogP contribution in [0.1, 0.15) is 65.0 Å². The quantitative estimate of drug-likeness (QED) is 0.340. The average Bonchev–Trinajstić information content (AvgIpc) is 3.47. The molecule has 0 bridgehead atoms. The van der Waals surface area contributed by atoms with Crippen molar-refractivity contribution in [1.29, 1.82) is 0 Å². The van der Waals surface area contributed by atoms with Crippen LogP contribution < -0.4 is 20.6 Å². The lowest BCUT2D eigenvalue weighted by Gasteiger charge is -2.44. The van der Waals surface area contributed by atoms with E-state index in [9.17, 15) is 9.59 Å². The maximum atomic E-state index is 15.5. The Labute approximate surface area is 270 Å². The van der Waals surface area contributed by atoms with Crippen LogP contribution in [0.5, 0.6) is 0 Å². The topological polar surface area (TPSA) is 92.2 Å². The first kappa shape index (κ1) is 31.1. The number of anilines is 2. The van der Waals surface area contributed by atoms with E-state index in [4.69, 9.17) is 9.31 Å². The van der Waals surface area contributed by atoms with Crippen molar-refractivity contribution in [3.8, 4) is 0 Å². The highest BCUT2D eigenvalue weighted by Crippen LogP contribution is 2.38. The normalized spacial score (nSPS) is 24.2. The Morgan fingerprint density at radius 2 is 1.52 bits per heavy atom. The van der Waals surface area contributed by atoms with Gasteiger partial charge in [0.2, 0.25) is 11.8 Å². The van der Waals surface area contributed by atoms with E-state index in [1.807, 2.05) is 0 Å². The molecule has 7 rings (SSSR count). The van der Waals surface area contributed by atoms with E-state index >= 15 is 4.39 Å². The van der Waals surface area contributed by atoms with Gasteiger partial charge in [0.15, 0.2) is 0 Å². The standard InChI is InChI=1S/C34H44BFN6O4/c1-33(2)34(3,4)46-35(45-33)22-6-8-23(9-7-22)40-16-14-24(15-17-40)41-18-20-42(21-19-41)31-27(36)12-10-25-29(38-39(5)30(25)31)26-11-13-28(43)37-32(26)44/h6-10,12,24,26H,11,13-21H2,1-5H3,(H,37,43,44). The molecule has 1 N–H and O–H groups in total. The van der Waals surface area contributed by atoms with Gasteiger partial charge in [0.1, 0.15) is 5.82 Å². The monoisotopic (exact) mass is 630 g/mol. The molecule has 4 aliphatic rings. The number of hydrogen-bond donors (Lipinski definition) is 1. The molecule has 0 saturated carbocycles. The number of aromatic nitrogens is 2. The minimum Gasteiger partial charge on any atom is -0.399 e. The lowest BCUT2D eigenvalue weighted by atomic mass is 9.79. The zero-order valence-electron chi connectivity index (χ0n) is 27.5. The number of fused-ring (bicyclic) bond motifs is 1.